The summed E-state index contributed by atoms with van der Waals surface area (Å²) in [5.74, 6) is 0.370. The number of aryl methyl sites for hydroxylation is 1. The van der Waals surface area contributed by atoms with E-state index in [1.54, 1.807) is 26.0 Å². The highest BCUT2D eigenvalue weighted by Gasteiger charge is 2.20. The maximum absolute atomic E-state index is 13.3. The highest BCUT2D eigenvalue weighted by molar-refractivity contribution is 7.99. The number of esters is 1. The van der Waals surface area contributed by atoms with Gasteiger partial charge in [0.2, 0.25) is 10.0 Å². The fourth-order valence-corrected chi connectivity index (χ4v) is 5.22. The summed E-state index contributed by atoms with van der Waals surface area (Å²) < 4.78 is 51.6. The molecule has 10 heteroatoms. The van der Waals surface area contributed by atoms with Gasteiger partial charge in [-0.1, -0.05) is 11.6 Å². The first-order chi connectivity index (χ1) is 16.1. The molecule has 3 aromatic carbocycles. The molecule has 3 rings (SSSR count). The van der Waals surface area contributed by atoms with Gasteiger partial charge in [0, 0.05) is 23.3 Å². The molecule has 0 bridgehead atoms. The summed E-state index contributed by atoms with van der Waals surface area (Å²) in [5.41, 5.74) is 1.58. The lowest BCUT2D eigenvalue weighted by atomic mass is 10.0. The summed E-state index contributed by atoms with van der Waals surface area (Å²) in [6.07, 6.45) is 0. The number of ether oxygens (including phenoxy) is 2. The van der Waals surface area contributed by atoms with Crippen molar-refractivity contribution in [2.24, 2.45) is 0 Å². The van der Waals surface area contributed by atoms with Gasteiger partial charge in [-0.2, -0.15) is 0 Å². The van der Waals surface area contributed by atoms with Crippen LogP contribution in [0.3, 0.4) is 0 Å². The molecule has 0 unspecified atom stereocenters. The first-order valence-electron chi connectivity index (χ1n) is 10.2. The van der Waals surface area contributed by atoms with Crippen molar-refractivity contribution in [2.45, 2.75) is 23.6 Å². The Morgan fingerprint density at radius 1 is 1.06 bits per heavy atom. The molecule has 0 aromatic heterocycles. The van der Waals surface area contributed by atoms with Crippen molar-refractivity contribution in [3.63, 3.8) is 0 Å². The minimum Gasteiger partial charge on any atom is -0.465 e. The Morgan fingerprint density at radius 2 is 1.74 bits per heavy atom. The molecule has 0 spiro atoms. The van der Waals surface area contributed by atoms with E-state index in [0.29, 0.717) is 28.4 Å². The fourth-order valence-electron chi connectivity index (χ4n) is 3.01. The van der Waals surface area contributed by atoms with Gasteiger partial charge in [0.15, 0.2) is 0 Å². The number of nitrogens with one attached hydrogen (secondary N) is 1. The number of halogens is 2. The first kappa shape index (κ1) is 26.0. The third-order valence-electron chi connectivity index (χ3n) is 4.97. The normalized spacial score (nSPS) is 11.3. The largest absolute Gasteiger partial charge is 0.465 e. The van der Waals surface area contributed by atoms with E-state index in [-0.39, 0.29) is 22.0 Å². The smallest absolute Gasteiger partial charge is 0.338 e. The zero-order chi connectivity index (χ0) is 24.9. The molecular weight excluding hydrogens is 501 g/mol. The van der Waals surface area contributed by atoms with Crippen LogP contribution in [0.1, 0.15) is 21.5 Å². The lowest BCUT2D eigenvalue weighted by Gasteiger charge is -2.12. The van der Waals surface area contributed by atoms with Crippen molar-refractivity contribution in [3.05, 3.63) is 82.1 Å². The van der Waals surface area contributed by atoms with Crippen LogP contribution in [0.5, 0.6) is 11.5 Å². The third kappa shape index (κ3) is 6.50. The predicted octanol–water partition coefficient (Wildman–Crippen LogP) is 5.75. The zero-order valence-electron chi connectivity index (χ0n) is 18.7. The zero-order valence-corrected chi connectivity index (χ0v) is 21.1. The average molecular weight is 524 g/mol. The van der Waals surface area contributed by atoms with Crippen molar-refractivity contribution >= 4 is 39.4 Å². The Labute approximate surface area is 207 Å². The molecule has 0 fully saturated rings. The van der Waals surface area contributed by atoms with Gasteiger partial charge in [0.05, 0.1) is 22.6 Å². The lowest BCUT2D eigenvalue weighted by Crippen LogP contribution is -2.26. The van der Waals surface area contributed by atoms with Crippen LogP contribution >= 0.6 is 23.4 Å². The van der Waals surface area contributed by atoms with Crippen molar-refractivity contribution in [1.82, 2.24) is 4.72 Å². The van der Waals surface area contributed by atoms with Crippen LogP contribution in [0.15, 0.2) is 64.4 Å². The SMILES string of the molecule is COC(=O)c1cc(S(=O)(=O)NCCSc2ccc(Oc3ccc(F)c(Cl)c3)cc2)cc(C)c1C. The van der Waals surface area contributed by atoms with Gasteiger partial charge >= 0.3 is 5.97 Å². The first-order valence-corrected chi connectivity index (χ1v) is 13.0. The van der Waals surface area contributed by atoms with Gasteiger partial charge in [0.1, 0.15) is 17.3 Å². The number of hydrogen-bond donors (Lipinski definition) is 1. The Bertz CT molecular complexity index is 1300. The molecule has 3 aromatic rings. The molecule has 0 atom stereocenters. The molecule has 0 aliphatic rings. The molecule has 0 saturated heterocycles. The molecule has 180 valence electrons. The maximum atomic E-state index is 13.3. The summed E-state index contributed by atoms with van der Waals surface area (Å²) in [4.78, 5) is 12.9. The Kier molecular flexibility index (Phi) is 8.59. The number of carbonyl (C=O) groups excluding carboxylic acids is 1. The maximum Gasteiger partial charge on any atom is 0.338 e. The molecule has 6 nitrogen and oxygen atoms in total. The van der Waals surface area contributed by atoms with Crippen molar-refractivity contribution in [3.8, 4) is 11.5 Å². The second-order valence-corrected chi connectivity index (χ2v) is 10.6. The summed E-state index contributed by atoms with van der Waals surface area (Å²) in [5, 5.41) is -0.0190. The Balaban J connectivity index is 1.56. The van der Waals surface area contributed by atoms with Crippen molar-refractivity contribution in [2.75, 3.05) is 19.4 Å². The average Bonchev–Trinajstić information content (AvgIpc) is 2.81. The highest BCUT2D eigenvalue weighted by atomic mass is 35.5. The van der Waals surface area contributed by atoms with Gasteiger partial charge in [-0.25, -0.2) is 22.3 Å². The molecule has 34 heavy (non-hydrogen) atoms. The number of carbonyl (C=O) groups is 1. The fraction of sp³-hybridized carbons (Fsp3) is 0.208. The second-order valence-electron chi connectivity index (χ2n) is 7.30. The summed E-state index contributed by atoms with van der Waals surface area (Å²) >= 11 is 7.23. The standard InChI is InChI=1S/C24H23ClFNO5S2/c1-15-12-20(14-21(16(15)2)24(28)31-3)34(29,30)27-10-11-33-19-7-4-17(5-8-19)32-18-6-9-23(26)22(25)13-18/h4-9,12-14,27H,10-11H2,1-3H3. The van der Waals surface area contributed by atoms with Crippen molar-refractivity contribution < 1.29 is 27.1 Å². The lowest BCUT2D eigenvalue weighted by molar-refractivity contribution is 0.0599. The number of thioether (sulfide) groups is 1. The summed E-state index contributed by atoms with van der Waals surface area (Å²) in [6, 6.07) is 14.2. The number of hydrogen-bond acceptors (Lipinski definition) is 6. The molecule has 1 N–H and O–H groups in total. The topological polar surface area (TPSA) is 81.7 Å². The second kappa shape index (κ2) is 11.2. The predicted molar refractivity (Wildman–Crippen MR) is 131 cm³/mol. The third-order valence-corrected chi connectivity index (χ3v) is 7.71. The molecule has 0 aliphatic heterocycles. The quantitative estimate of drug-likeness (QED) is 0.219. The number of benzene rings is 3. The van der Waals surface area contributed by atoms with E-state index in [0.717, 1.165) is 4.90 Å². The monoisotopic (exact) mass is 523 g/mol. The minimum absolute atomic E-state index is 0.0170. The van der Waals surface area contributed by atoms with E-state index in [1.807, 2.05) is 12.1 Å². The Morgan fingerprint density at radius 3 is 2.38 bits per heavy atom. The van der Waals surface area contributed by atoms with Gasteiger partial charge in [-0.15, -0.1) is 11.8 Å². The Hall–Kier alpha value is -2.59. The summed E-state index contributed by atoms with van der Waals surface area (Å²) in [6.45, 7) is 3.68. The molecule has 0 aliphatic carbocycles. The van der Waals surface area contributed by atoms with E-state index < -0.39 is 21.8 Å². The number of methoxy groups -OCH3 is 1. The molecule has 0 radical (unpaired) electrons. The molecule has 0 saturated carbocycles. The van der Waals surface area contributed by atoms with Crippen LogP contribution in [0.2, 0.25) is 5.02 Å². The number of rotatable bonds is 9. The summed E-state index contributed by atoms with van der Waals surface area (Å²) in [7, 11) is -2.54. The van der Waals surface area contributed by atoms with E-state index in [2.05, 4.69) is 4.72 Å². The molecule has 0 heterocycles. The highest BCUT2D eigenvalue weighted by Crippen LogP contribution is 2.28. The van der Waals surface area contributed by atoms with Crippen LogP contribution in [-0.4, -0.2) is 33.8 Å². The van der Waals surface area contributed by atoms with Crippen LogP contribution in [0.4, 0.5) is 4.39 Å². The van der Waals surface area contributed by atoms with Crippen LogP contribution in [0, 0.1) is 19.7 Å². The van der Waals surface area contributed by atoms with Crippen molar-refractivity contribution in [1.29, 1.82) is 0 Å². The molecule has 0 amide bonds. The van der Waals surface area contributed by atoms with E-state index >= 15 is 0 Å². The molecular formula is C24H23ClFNO5S2. The van der Waals surface area contributed by atoms with Gasteiger partial charge < -0.3 is 9.47 Å². The van der Waals surface area contributed by atoms with Gasteiger partial charge in [0.25, 0.3) is 0 Å². The van der Waals surface area contributed by atoms with E-state index in [4.69, 9.17) is 21.1 Å². The van der Waals surface area contributed by atoms with Gasteiger partial charge in [-0.3, -0.25) is 0 Å². The van der Waals surface area contributed by atoms with Crippen LogP contribution in [-0.2, 0) is 14.8 Å². The minimum atomic E-state index is -3.79. The van der Waals surface area contributed by atoms with Gasteiger partial charge in [-0.05, 0) is 73.5 Å². The van der Waals surface area contributed by atoms with Crippen LogP contribution in [0.25, 0.3) is 0 Å². The number of sulfonamides is 1. The van der Waals surface area contributed by atoms with Crippen LogP contribution < -0.4 is 9.46 Å². The van der Waals surface area contributed by atoms with E-state index in [1.165, 1.54) is 49.2 Å². The van der Waals surface area contributed by atoms with E-state index in [9.17, 15) is 17.6 Å².